The minimum atomic E-state index is -0.481. The molecular formula is C14H14N4O. The Morgan fingerprint density at radius 3 is 2.53 bits per heavy atom. The van der Waals surface area contributed by atoms with Gasteiger partial charge in [0.25, 0.3) is 0 Å². The van der Waals surface area contributed by atoms with Gasteiger partial charge in [0, 0.05) is 23.6 Å². The summed E-state index contributed by atoms with van der Waals surface area (Å²) in [7, 11) is 0. The van der Waals surface area contributed by atoms with Gasteiger partial charge in [-0.15, -0.1) is 0 Å². The third-order valence-corrected chi connectivity index (χ3v) is 3.51. The van der Waals surface area contributed by atoms with Crippen molar-refractivity contribution in [3.8, 4) is 11.1 Å². The van der Waals surface area contributed by atoms with Gasteiger partial charge in [-0.05, 0) is 31.0 Å². The molecule has 2 heterocycles. The zero-order valence-electron chi connectivity index (χ0n) is 10.8. The normalized spacial score (nSPS) is 16.0. The van der Waals surface area contributed by atoms with E-state index in [2.05, 4.69) is 15.3 Å². The highest BCUT2D eigenvalue weighted by molar-refractivity contribution is 6.06. The number of fused-ring (bicyclic) bond motifs is 1. The summed E-state index contributed by atoms with van der Waals surface area (Å²) in [5, 5.41) is 2.90. The summed E-state index contributed by atoms with van der Waals surface area (Å²) in [5.74, 6) is 0.271. The fraction of sp³-hybridized carbons (Fsp3) is 0.214. The van der Waals surface area contributed by atoms with Gasteiger partial charge in [-0.25, -0.2) is 9.97 Å². The predicted octanol–water partition coefficient (Wildman–Crippen LogP) is 1.96. The van der Waals surface area contributed by atoms with Crippen LogP contribution in [0.4, 0.5) is 11.6 Å². The van der Waals surface area contributed by atoms with Crippen LogP contribution in [0.3, 0.4) is 0 Å². The standard InChI is InChI=1S/C14H14N4O/c1-14(2)10-4-3-8(5-11(10)18-12(14)19)9-6-16-13(15)17-7-9/h3-7H,1-2H3,(H,18,19)(H2,15,16,17). The maximum atomic E-state index is 11.9. The number of nitrogens with one attached hydrogen (secondary N) is 1. The van der Waals surface area contributed by atoms with Crippen molar-refractivity contribution < 1.29 is 4.79 Å². The molecule has 1 aliphatic rings. The largest absolute Gasteiger partial charge is 0.368 e. The third kappa shape index (κ3) is 1.74. The number of anilines is 2. The summed E-state index contributed by atoms with van der Waals surface area (Å²) in [6, 6.07) is 5.88. The molecule has 1 amide bonds. The van der Waals surface area contributed by atoms with Crippen LogP contribution in [0.15, 0.2) is 30.6 Å². The van der Waals surface area contributed by atoms with Crippen LogP contribution in [-0.4, -0.2) is 15.9 Å². The molecule has 1 aromatic carbocycles. The lowest BCUT2D eigenvalue weighted by Gasteiger charge is -2.14. The van der Waals surface area contributed by atoms with E-state index in [-0.39, 0.29) is 11.9 Å². The molecule has 0 aliphatic carbocycles. The van der Waals surface area contributed by atoms with Crippen molar-refractivity contribution in [1.29, 1.82) is 0 Å². The fourth-order valence-corrected chi connectivity index (χ4v) is 2.26. The van der Waals surface area contributed by atoms with Crippen LogP contribution in [-0.2, 0) is 10.2 Å². The summed E-state index contributed by atoms with van der Waals surface area (Å²) in [6.45, 7) is 3.83. The zero-order valence-corrected chi connectivity index (χ0v) is 10.8. The highest BCUT2D eigenvalue weighted by Gasteiger charge is 2.38. The van der Waals surface area contributed by atoms with Crippen molar-refractivity contribution in [3.05, 3.63) is 36.2 Å². The van der Waals surface area contributed by atoms with Gasteiger partial charge in [0.1, 0.15) is 0 Å². The molecule has 0 bridgehead atoms. The highest BCUT2D eigenvalue weighted by atomic mass is 16.2. The van der Waals surface area contributed by atoms with Gasteiger partial charge in [0.15, 0.2) is 0 Å². The average molecular weight is 254 g/mol. The number of benzene rings is 1. The van der Waals surface area contributed by atoms with Crippen LogP contribution < -0.4 is 11.1 Å². The predicted molar refractivity (Wildman–Crippen MR) is 73.5 cm³/mol. The van der Waals surface area contributed by atoms with E-state index in [9.17, 15) is 4.79 Å². The minimum absolute atomic E-state index is 0.0215. The van der Waals surface area contributed by atoms with E-state index in [4.69, 9.17) is 5.73 Å². The quantitative estimate of drug-likeness (QED) is 0.815. The number of amides is 1. The number of hydrogen-bond acceptors (Lipinski definition) is 4. The van der Waals surface area contributed by atoms with Crippen molar-refractivity contribution in [3.63, 3.8) is 0 Å². The lowest BCUT2D eigenvalue weighted by Crippen LogP contribution is -2.26. The summed E-state index contributed by atoms with van der Waals surface area (Å²) in [4.78, 5) is 19.8. The van der Waals surface area contributed by atoms with Crippen molar-refractivity contribution in [2.45, 2.75) is 19.3 Å². The van der Waals surface area contributed by atoms with E-state index >= 15 is 0 Å². The highest BCUT2D eigenvalue weighted by Crippen LogP contribution is 2.39. The van der Waals surface area contributed by atoms with Crippen molar-refractivity contribution in [2.24, 2.45) is 0 Å². The summed E-state index contributed by atoms with van der Waals surface area (Å²) in [6.07, 6.45) is 3.35. The van der Waals surface area contributed by atoms with Gasteiger partial charge in [0.2, 0.25) is 11.9 Å². The maximum absolute atomic E-state index is 11.9. The van der Waals surface area contributed by atoms with E-state index in [0.29, 0.717) is 0 Å². The van der Waals surface area contributed by atoms with Crippen LogP contribution in [0, 0.1) is 0 Å². The Labute approximate surface area is 110 Å². The van der Waals surface area contributed by atoms with E-state index in [1.54, 1.807) is 12.4 Å². The van der Waals surface area contributed by atoms with Gasteiger partial charge >= 0.3 is 0 Å². The third-order valence-electron chi connectivity index (χ3n) is 3.51. The smallest absolute Gasteiger partial charge is 0.234 e. The molecular weight excluding hydrogens is 240 g/mol. The Bertz CT molecular complexity index is 662. The van der Waals surface area contributed by atoms with E-state index in [1.165, 1.54) is 0 Å². The molecule has 1 aromatic heterocycles. The second-order valence-corrected chi connectivity index (χ2v) is 5.17. The Balaban J connectivity index is 2.07. The lowest BCUT2D eigenvalue weighted by molar-refractivity contribution is -0.119. The molecule has 0 spiro atoms. The SMILES string of the molecule is CC1(C)C(=O)Nc2cc(-c3cnc(N)nc3)ccc21. The average Bonchev–Trinajstić information content (AvgIpc) is 2.61. The Morgan fingerprint density at radius 2 is 1.84 bits per heavy atom. The van der Waals surface area contributed by atoms with E-state index in [0.717, 1.165) is 22.4 Å². The van der Waals surface area contributed by atoms with Crippen molar-refractivity contribution in [1.82, 2.24) is 9.97 Å². The first kappa shape index (κ1) is 11.6. The van der Waals surface area contributed by atoms with Gasteiger partial charge in [-0.1, -0.05) is 12.1 Å². The minimum Gasteiger partial charge on any atom is -0.368 e. The number of carbonyl (C=O) groups is 1. The van der Waals surface area contributed by atoms with Crippen molar-refractivity contribution >= 4 is 17.5 Å². The number of carbonyl (C=O) groups excluding carboxylic acids is 1. The molecule has 3 rings (SSSR count). The molecule has 5 nitrogen and oxygen atoms in total. The Hall–Kier alpha value is -2.43. The van der Waals surface area contributed by atoms with Crippen LogP contribution in [0.5, 0.6) is 0 Å². The van der Waals surface area contributed by atoms with E-state index in [1.807, 2.05) is 32.0 Å². The molecule has 96 valence electrons. The van der Waals surface area contributed by atoms with Gasteiger partial charge in [-0.3, -0.25) is 4.79 Å². The number of nitrogens with two attached hydrogens (primary N) is 1. The molecule has 0 saturated carbocycles. The second kappa shape index (κ2) is 3.78. The Morgan fingerprint density at radius 1 is 1.16 bits per heavy atom. The first-order valence-corrected chi connectivity index (χ1v) is 6.02. The van der Waals surface area contributed by atoms with Gasteiger partial charge in [-0.2, -0.15) is 0 Å². The van der Waals surface area contributed by atoms with Crippen LogP contribution in [0.25, 0.3) is 11.1 Å². The van der Waals surface area contributed by atoms with Gasteiger partial charge < -0.3 is 11.1 Å². The second-order valence-electron chi connectivity index (χ2n) is 5.17. The monoisotopic (exact) mass is 254 g/mol. The molecule has 19 heavy (non-hydrogen) atoms. The van der Waals surface area contributed by atoms with Crippen LogP contribution >= 0.6 is 0 Å². The molecule has 0 unspecified atom stereocenters. The van der Waals surface area contributed by atoms with Crippen LogP contribution in [0.1, 0.15) is 19.4 Å². The molecule has 0 fully saturated rings. The first-order chi connectivity index (χ1) is 8.98. The summed E-state index contributed by atoms with van der Waals surface area (Å²) in [5.41, 5.74) is 8.68. The molecule has 3 N–H and O–H groups in total. The van der Waals surface area contributed by atoms with Crippen molar-refractivity contribution in [2.75, 3.05) is 11.1 Å². The molecule has 0 radical (unpaired) electrons. The summed E-state index contributed by atoms with van der Waals surface area (Å²) < 4.78 is 0. The van der Waals surface area contributed by atoms with E-state index < -0.39 is 5.41 Å². The number of aromatic nitrogens is 2. The number of nitrogen functional groups attached to an aromatic ring is 1. The maximum Gasteiger partial charge on any atom is 0.234 e. The topological polar surface area (TPSA) is 80.9 Å². The molecule has 0 atom stereocenters. The first-order valence-electron chi connectivity index (χ1n) is 6.02. The molecule has 2 aromatic rings. The number of nitrogens with zero attached hydrogens (tertiary/aromatic N) is 2. The van der Waals surface area contributed by atoms with Gasteiger partial charge in [0.05, 0.1) is 5.41 Å². The van der Waals surface area contributed by atoms with Crippen LogP contribution in [0.2, 0.25) is 0 Å². The molecule has 1 aliphatic heterocycles. The molecule has 5 heteroatoms. The lowest BCUT2D eigenvalue weighted by atomic mass is 9.85. The fourth-order valence-electron chi connectivity index (χ4n) is 2.26. The zero-order chi connectivity index (χ0) is 13.6. The number of rotatable bonds is 1. The Kier molecular flexibility index (Phi) is 2.32. The number of hydrogen-bond donors (Lipinski definition) is 2. The summed E-state index contributed by atoms with van der Waals surface area (Å²) >= 11 is 0. The molecule has 0 saturated heterocycles.